The third-order valence-electron chi connectivity index (χ3n) is 2.48. The highest BCUT2D eigenvalue weighted by Gasteiger charge is 2.13. The van der Waals surface area contributed by atoms with E-state index in [2.05, 4.69) is 20.8 Å². The van der Waals surface area contributed by atoms with Crippen LogP contribution in [0, 0.1) is 10.1 Å². The highest BCUT2D eigenvalue weighted by Crippen LogP contribution is 2.28. The van der Waals surface area contributed by atoms with Crippen molar-refractivity contribution in [3.05, 3.63) is 33.9 Å². The molecule has 1 aromatic carbocycles. The molecule has 2 aromatic rings. The Morgan fingerprint density at radius 1 is 1.53 bits per heavy atom. The lowest BCUT2D eigenvalue weighted by Gasteiger charge is -2.05. The van der Waals surface area contributed by atoms with Gasteiger partial charge in [0.1, 0.15) is 5.69 Å². The summed E-state index contributed by atoms with van der Waals surface area (Å²) in [5.41, 5.74) is 1.53. The predicted molar refractivity (Wildman–Crippen MR) is 71.0 cm³/mol. The van der Waals surface area contributed by atoms with E-state index in [0.29, 0.717) is 16.6 Å². The smallest absolute Gasteiger partial charge is 0.292 e. The first-order chi connectivity index (χ1) is 9.11. The van der Waals surface area contributed by atoms with E-state index in [0.717, 1.165) is 5.56 Å². The second-order valence-electron chi connectivity index (χ2n) is 3.73. The molecule has 9 heteroatoms. The number of thioether (sulfide) groups is 1. The Morgan fingerprint density at radius 3 is 2.89 bits per heavy atom. The minimum atomic E-state index is -0.407. The van der Waals surface area contributed by atoms with Crippen LogP contribution in [0.3, 0.4) is 0 Å². The van der Waals surface area contributed by atoms with Gasteiger partial charge in [0.2, 0.25) is 5.16 Å². The molecule has 100 valence electrons. The Morgan fingerprint density at radius 2 is 2.32 bits per heavy atom. The maximum atomic E-state index is 10.8. The number of nitro groups is 1. The summed E-state index contributed by atoms with van der Waals surface area (Å²) in [5.74, 6) is 0.640. The number of hydrogen-bond donors (Lipinski definition) is 1. The Kier molecular flexibility index (Phi) is 3.95. The van der Waals surface area contributed by atoms with Crippen LogP contribution in [-0.4, -0.2) is 32.2 Å². The number of aromatic nitrogens is 4. The van der Waals surface area contributed by atoms with Crippen molar-refractivity contribution in [3.8, 4) is 0 Å². The highest BCUT2D eigenvalue weighted by molar-refractivity contribution is 7.98. The zero-order valence-electron chi connectivity index (χ0n) is 10.4. The number of hydrogen-bond acceptors (Lipinski definition) is 7. The molecule has 0 fully saturated rings. The van der Waals surface area contributed by atoms with E-state index in [-0.39, 0.29) is 5.69 Å². The summed E-state index contributed by atoms with van der Waals surface area (Å²) in [6, 6.07) is 4.99. The van der Waals surface area contributed by atoms with Crippen LogP contribution in [0.25, 0.3) is 0 Å². The average Bonchev–Trinajstić information content (AvgIpc) is 2.81. The Labute approximate surface area is 113 Å². The number of tetrazole rings is 1. The van der Waals surface area contributed by atoms with Gasteiger partial charge in [-0.15, -0.1) is 5.10 Å². The lowest BCUT2D eigenvalue weighted by molar-refractivity contribution is -0.383. The second kappa shape index (κ2) is 5.65. The molecule has 0 saturated carbocycles. The molecule has 1 heterocycles. The molecular formula is C10H12N6O2S. The lowest BCUT2D eigenvalue weighted by Crippen LogP contribution is -1.98. The fourth-order valence-electron chi connectivity index (χ4n) is 1.52. The molecule has 0 spiro atoms. The highest BCUT2D eigenvalue weighted by atomic mass is 32.2. The fraction of sp³-hybridized carbons (Fsp3) is 0.300. The van der Waals surface area contributed by atoms with Crippen molar-refractivity contribution in [1.29, 1.82) is 0 Å². The first kappa shape index (κ1) is 13.3. The van der Waals surface area contributed by atoms with Gasteiger partial charge in [-0.1, -0.05) is 17.8 Å². The van der Waals surface area contributed by atoms with Crippen LogP contribution in [0.2, 0.25) is 0 Å². The van der Waals surface area contributed by atoms with Crippen LogP contribution in [0.15, 0.2) is 23.4 Å². The predicted octanol–water partition coefficient (Wildman–Crippen LogP) is 1.45. The molecule has 0 amide bonds. The van der Waals surface area contributed by atoms with Crippen LogP contribution in [0.4, 0.5) is 11.4 Å². The van der Waals surface area contributed by atoms with Gasteiger partial charge in [0.25, 0.3) is 5.69 Å². The summed E-state index contributed by atoms with van der Waals surface area (Å²) >= 11 is 1.47. The van der Waals surface area contributed by atoms with Crippen LogP contribution in [0.1, 0.15) is 5.56 Å². The molecule has 1 N–H and O–H groups in total. The van der Waals surface area contributed by atoms with Crippen molar-refractivity contribution >= 4 is 23.1 Å². The number of anilines is 1. The molecule has 0 radical (unpaired) electrons. The van der Waals surface area contributed by atoms with Crippen molar-refractivity contribution in [3.63, 3.8) is 0 Å². The van der Waals surface area contributed by atoms with Crippen LogP contribution in [-0.2, 0) is 12.8 Å². The van der Waals surface area contributed by atoms with E-state index in [1.54, 1.807) is 30.9 Å². The number of nitrogens with zero attached hydrogens (tertiary/aromatic N) is 5. The third kappa shape index (κ3) is 2.99. The fourth-order valence-corrected chi connectivity index (χ4v) is 2.32. The normalized spacial score (nSPS) is 10.4. The number of rotatable bonds is 5. The largest absolute Gasteiger partial charge is 0.383 e. The molecule has 19 heavy (non-hydrogen) atoms. The van der Waals surface area contributed by atoms with E-state index in [1.165, 1.54) is 17.8 Å². The van der Waals surface area contributed by atoms with Crippen LogP contribution in [0.5, 0.6) is 0 Å². The maximum absolute atomic E-state index is 10.8. The summed E-state index contributed by atoms with van der Waals surface area (Å²) in [7, 11) is 3.42. The number of benzene rings is 1. The second-order valence-corrected chi connectivity index (χ2v) is 4.67. The van der Waals surface area contributed by atoms with Gasteiger partial charge in [0, 0.05) is 25.9 Å². The lowest BCUT2D eigenvalue weighted by atomic mass is 10.2. The Hall–Kier alpha value is -2.16. The SMILES string of the molecule is CNc1cc(CSc2nnnn2C)ccc1[N+](=O)[O-]. The average molecular weight is 280 g/mol. The summed E-state index contributed by atoms with van der Waals surface area (Å²) in [5, 5.41) is 25.5. The standard InChI is InChI=1S/C10H12N6O2S/c1-11-8-5-7(3-4-9(8)16(17)18)6-19-10-12-13-14-15(10)2/h3-5,11H,6H2,1-2H3. The molecule has 1 aromatic heterocycles. The molecule has 0 atom stereocenters. The van der Waals surface area contributed by atoms with Crippen LogP contribution < -0.4 is 5.32 Å². The summed E-state index contributed by atoms with van der Waals surface area (Å²) in [6.07, 6.45) is 0. The van der Waals surface area contributed by atoms with Gasteiger partial charge in [-0.3, -0.25) is 10.1 Å². The molecule has 0 unspecified atom stereocenters. The Bertz CT molecular complexity index is 599. The van der Waals surface area contributed by atoms with Crippen molar-refractivity contribution in [2.24, 2.45) is 7.05 Å². The van der Waals surface area contributed by atoms with Crippen LogP contribution >= 0.6 is 11.8 Å². The first-order valence-electron chi connectivity index (χ1n) is 5.42. The van der Waals surface area contributed by atoms with E-state index in [1.807, 2.05) is 0 Å². The number of aryl methyl sites for hydroxylation is 1. The van der Waals surface area contributed by atoms with Gasteiger partial charge in [0.15, 0.2) is 0 Å². The van der Waals surface area contributed by atoms with E-state index < -0.39 is 4.92 Å². The maximum Gasteiger partial charge on any atom is 0.292 e. The first-order valence-corrected chi connectivity index (χ1v) is 6.40. The summed E-state index contributed by atoms with van der Waals surface area (Å²) in [6.45, 7) is 0. The van der Waals surface area contributed by atoms with Gasteiger partial charge in [-0.25, -0.2) is 4.68 Å². The monoisotopic (exact) mass is 280 g/mol. The molecular weight excluding hydrogens is 268 g/mol. The zero-order valence-corrected chi connectivity index (χ0v) is 11.2. The Balaban J connectivity index is 2.13. The molecule has 0 aliphatic carbocycles. The van der Waals surface area contributed by atoms with Crippen molar-refractivity contribution in [2.45, 2.75) is 10.9 Å². The molecule has 0 aliphatic heterocycles. The number of nitro benzene ring substituents is 1. The molecule has 0 saturated heterocycles. The topological polar surface area (TPSA) is 98.8 Å². The molecule has 0 aliphatic rings. The van der Waals surface area contributed by atoms with Gasteiger partial charge in [-0.05, 0) is 22.1 Å². The van der Waals surface area contributed by atoms with Crippen molar-refractivity contribution in [2.75, 3.05) is 12.4 Å². The van der Waals surface area contributed by atoms with Crippen molar-refractivity contribution < 1.29 is 4.92 Å². The molecule has 0 bridgehead atoms. The minimum Gasteiger partial charge on any atom is -0.383 e. The summed E-state index contributed by atoms with van der Waals surface area (Å²) in [4.78, 5) is 10.4. The minimum absolute atomic E-state index is 0.0663. The molecule has 2 rings (SSSR count). The van der Waals surface area contributed by atoms with Crippen molar-refractivity contribution in [1.82, 2.24) is 20.2 Å². The summed E-state index contributed by atoms with van der Waals surface area (Å²) < 4.78 is 1.58. The van der Waals surface area contributed by atoms with Gasteiger partial charge in [0.05, 0.1) is 4.92 Å². The van der Waals surface area contributed by atoms with E-state index in [4.69, 9.17) is 0 Å². The van der Waals surface area contributed by atoms with E-state index >= 15 is 0 Å². The molecule has 8 nitrogen and oxygen atoms in total. The van der Waals surface area contributed by atoms with Gasteiger partial charge >= 0.3 is 0 Å². The number of nitrogens with one attached hydrogen (secondary N) is 1. The zero-order chi connectivity index (χ0) is 13.8. The van der Waals surface area contributed by atoms with Gasteiger partial charge in [-0.2, -0.15) is 0 Å². The quantitative estimate of drug-likeness (QED) is 0.502. The van der Waals surface area contributed by atoms with Gasteiger partial charge < -0.3 is 5.32 Å². The van der Waals surface area contributed by atoms with E-state index in [9.17, 15) is 10.1 Å². The third-order valence-corrected chi connectivity index (χ3v) is 3.56.